The van der Waals surface area contributed by atoms with Gasteiger partial charge in [0.2, 0.25) is 0 Å². The average Bonchev–Trinajstić information content (AvgIpc) is 3.22. The van der Waals surface area contributed by atoms with E-state index in [1.807, 2.05) is 12.1 Å². The molecule has 0 radical (unpaired) electrons. The van der Waals surface area contributed by atoms with Crippen molar-refractivity contribution in [3.63, 3.8) is 0 Å². The number of amides is 1. The number of anilines is 1. The number of hydrogen-bond donors (Lipinski definition) is 1. The smallest absolute Gasteiger partial charge is 0.257 e. The van der Waals surface area contributed by atoms with E-state index < -0.39 is 5.91 Å². The Bertz CT molecular complexity index is 1260. The summed E-state index contributed by atoms with van der Waals surface area (Å²) in [5.74, 6) is -0.157. The van der Waals surface area contributed by atoms with E-state index in [1.54, 1.807) is 72.9 Å². The summed E-state index contributed by atoms with van der Waals surface area (Å²) in [6, 6.07) is 22.5. The fourth-order valence-electron chi connectivity index (χ4n) is 3.00. The first kappa shape index (κ1) is 18.8. The molecule has 0 bridgehead atoms. The number of pyridine rings is 1. The zero-order valence-corrected chi connectivity index (χ0v) is 15.7. The fourth-order valence-corrected chi connectivity index (χ4v) is 3.00. The lowest BCUT2D eigenvalue weighted by atomic mass is 9.98. The van der Waals surface area contributed by atoms with Crippen LogP contribution in [-0.2, 0) is 0 Å². The van der Waals surface area contributed by atoms with Crippen molar-refractivity contribution >= 4 is 17.5 Å². The highest BCUT2D eigenvalue weighted by Gasteiger charge is 2.21. The predicted molar refractivity (Wildman–Crippen MR) is 110 cm³/mol. The summed E-state index contributed by atoms with van der Waals surface area (Å²) in [5.41, 5.74) is 1.13. The summed E-state index contributed by atoms with van der Waals surface area (Å²) in [6.07, 6.45) is 2.94. The van der Waals surface area contributed by atoms with E-state index in [0.29, 0.717) is 11.4 Å². The van der Waals surface area contributed by atoms with Crippen LogP contribution >= 0.6 is 0 Å². The van der Waals surface area contributed by atoms with Crippen LogP contribution in [0.4, 0.5) is 5.82 Å². The van der Waals surface area contributed by atoms with Crippen molar-refractivity contribution in [1.82, 2.24) is 14.8 Å². The highest BCUT2D eigenvalue weighted by atomic mass is 16.2. The number of nitrogens with one attached hydrogen (secondary N) is 1. The molecule has 0 spiro atoms. The van der Waals surface area contributed by atoms with Gasteiger partial charge in [0.05, 0.1) is 11.8 Å². The van der Waals surface area contributed by atoms with Crippen LogP contribution in [0.15, 0.2) is 85.2 Å². The third kappa shape index (κ3) is 3.57. The van der Waals surface area contributed by atoms with Gasteiger partial charge in [-0.1, -0.05) is 54.6 Å². The lowest BCUT2D eigenvalue weighted by molar-refractivity contribution is 0.0996. The first-order chi connectivity index (χ1) is 14.7. The van der Waals surface area contributed by atoms with Gasteiger partial charge in [0.25, 0.3) is 5.91 Å². The second kappa shape index (κ2) is 8.20. The molecule has 4 rings (SSSR count). The summed E-state index contributed by atoms with van der Waals surface area (Å²) >= 11 is 0. The summed E-state index contributed by atoms with van der Waals surface area (Å²) in [4.78, 5) is 30.2. The van der Waals surface area contributed by atoms with Crippen LogP contribution < -0.4 is 5.32 Å². The first-order valence-corrected chi connectivity index (χ1v) is 9.08. The molecule has 2 aromatic heterocycles. The molecule has 7 heteroatoms. The van der Waals surface area contributed by atoms with Crippen molar-refractivity contribution in [3.05, 3.63) is 107 Å². The first-order valence-electron chi connectivity index (χ1n) is 9.08. The Morgan fingerprint density at radius 2 is 1.60 bits per heavy atom. The Labute approximate surface area is 172 Å². The molecule has 0 saturated carbocycles. The molecule has 0 atom stereocenters. The lowest BCUT2D eigenvalue weighted by Gasteiger charge is -2.11. The van der Waals surface area contributed by atoms with E-state index in [1.165, 1.54) is 10.9 Å². The number of hydrogen-bond acceptors (Lipinski definition) is 5. The molecule has 0 aliphatic carbocycles. The number of benzene rings is 2. The van der Waals surface area contributed by atoms with Crippen molar-refractivity contribution < 1.29 is 9.59 Å². The number of aromatic nitrogens is 3. The molecule has 2 heterocycles. The van der Waals surface area contributed by atoms with Gasteiger partial charge in [-0.2, -0.15) is 15.0 Å². The van der Waals surface area contributed by atoms with Gasteiger partial charge < -0.3 is 5.32 Å². The Hall–Kier alpha value is -4.57. The molecule has 0 saturated heterocycles. The predicted octanol–water partition coefficient (Wildman–Crippen LogP) is 3.62. The minimum Gasteiger partial charge on any atom is -0.305 e. The van der Waals surface area contributed by atoms with Crippen molar-refractivity contribution in [1.29, 1.82) is 5.26 Å². The molecule has 144 valence electrons. The summed E-state index contributed by atoms with van der Waals surface area (Å²) in [6.45, 7) is 0. The number of nitriles is 1. The summed E-state index contributed by atoms with van der Waals surface area (Å²) in [7, 11) is 0. The van der Waals surface area contributed by atoms with E-state index in [2.05, 4.69) is 15.4 Å². The second-order valence-electron chi connectivity index (χ2n) is 6.31. The highest BCUT2D eigenvalue weighted by Crippen LogP contribution is 2.21. The van der Waals surface area contributed by atoms with Gasteiger partial charge >= 0.3 is 0 Å². The Balaban J connectivity index is 1.71. The highest BCUT2D eigenvalue weighted by molar-refractivity contribution is 6.17. The second-order valence-corrected chi connectivity index (χ2v) is 6.31. The van der Waals surface area contributed by atoms with Gasteiger partial charge in [0.1, 0.15) is 11.6 Å². The molecule has 0 aliphatic heterocycles. The number of ketones is 1. The van der Waals surface area contributed by atoms with Crippen LogP contribution in [-0.4, -0.2) is 26.5 Å². The van der Waals surface area contributed by atoms with Crippen LogP contribution in [0.2, 0.25) is 0 Å². The lowest BCUT2D eigenvalue weighted by Crippen LogP contribution is -2.19. The molecule has 0 unspecified atom stereocenters. The summed E-state index contributed by atoms with van der Waals surface area (Å²) in [5, 5.41) is 16.3. The largest absolute Gasteiger partial charge is 0.305 e. The molecule has 7 nitrogen and oxygen atoms in total. The van der Waals surface area contributed by atoms with Crippen molar-refractivity contribution in [2.45, 2.75) is 0 Å². The van der Waals surface area contributed by atoms with Crippen LogP contribution in [0, 0.1) is 11.3 Å². The average molecular weight is 393 g/mol. The van der Waals surface area contributed by atoms with E-state index in [0.717, 1.165) is 0 Å². The monoisotopic (exact) mass is 393 g/mol. The fraction of sp³-hybridized carbons (Fsp3) is 0. The zero-order valence-electron chi connectivity index (χ0n) is 15.7. The number of rotatable bonds is 5. The maximum Gasteiger partial charge on any atom is 0.257 e. The van der Waals surface area contributed by atoms with Crippen LogP contribution in [0.5, 0.6) is 0 Å². The van der Waals surface area contributed by atoms with Gasteiger partial charge in [0, 0.05) is 17.3 Å². The molecule has 1 amide bonds. The molecule has 0 fully saturated rings. The quantitative estimate of drug-likeness (QED) is 0.522. The van der Waals surface area contributed by atoms with Crippen molar-refractivity contribution in [2.24, 2.45) is 0 Å². The van der Waals surface area contributed by atoms with E-state index in [-0.39, 0.29) is 28.3 Å². The van der Waals surface area contributed by atoms with Gasteiger partial charge in [-0.05, 0) is 18.2 Å². The van der Waals surface area contributed by atoms with E-state index >= 15 is 0 Å². The van der Waals surface area contributed by atoms with E-state index in [9.17, 15) is 14.9 Å². The van der Waals surface area contributed by atoms with Crippen LogP contribution in [0.25, 0.3) is 5.82 Å². The maximum atomic E-state index is 13.1. The Morgan fingerprint density at radius 1 is 0.900 bits per heavy atom. The van der Waals surface area contributed by atoms with Crippen molar-refractivity contribution in [3.8, 4) is 11.9 Å². The minimum absolute atomic E-state index is 0.181. The third-order valence-electron chi connectivity index (χ3n) is 4.44. The normalized spacial score (nSPS) is 10.2. The Morgan fingerprint density at radius 3 is 2.30 bits per heavy atom. The van der Waals surface area contributed by atoms with Gasteiger partial charge in [-0.25, -0.2) is 4.98 Å². The molecule has 1 N–H and O–H groups in total. The molecular weight excluding hydrogens is 378 g/mol. The SMILES string of the molecule is N#Cc1cnn(-c2ccccn2)c1NC(=O)c1ccccc1C(=O)c1ccccc1. The number of carbonyl (C=O) groups is 2. The van der Waals surface area contributed by atoms with E-state index in [4.69, 9.17) is 0 Å². The van der Waals surface area contributed by atoms with Crippen LogP contribution in [0.3, 0.4) is 0 Å². The number of nitrogens with zero attached hydrogens (tertiary/aromatic N) is 4. The zero-order chi connectivity index (χ0) is 20.9. The maximum absolute atomic E-state index is 13.1. The summed E-state index contributed by atoms with van der Waals surface area (Å²) < 4.78 is 1.37. The minimum atomic E-state index is -0.524. The molecule has 2 aromatic carbocycles. The number of carbonyl (C=O) groups excluding carboxylic acids is 2. The van der Waals surface area contributed by atoms with Gasteiger partial charge in [-0.15, -0.1) is 0 Å². The topological polar surface area (TPSA) is 101 Å². The Kier molecular flexibility index (Phi) is 5.14. The molecule has 4 aromatic rings. The van der Waals surface area contributed by atoms with Gasteiger partial charge in [-0.3, -0.25) is 9.59 Å². The van der Waals surface area contributed by atoms with Crippen LogP contribution in [0.1, 0.15) is 31.8 Å². The van der Waals surface area contributed by atoms with Gasteiger partial charge in [0.15, 0.2) is 17.4 Å². The van der Waals surface area contributed by atoms with Crippen molar-refractivity contribution in [2.75, 3.05) is 5.32 Å². The standard InChI is InChI=1S/C23H15N5O2/c24-14-17-15-26-28(20-12-6-7-13-25-20)22(17)27-23(30)19-11-5-4-10-18(19)21(29)16-8-2-1-3-9-16/h1-13,15H,(H,27,30). The molecule has 0 aliphatic rings. The molecular formula is C23H15N5O2. The third-order valence-corrected chi connectivity index (χ3v) is 4.44. The molecule has 30 heavy (non-hydrogen) atoms.